The Hall–Kier alpha value is -3.83. The molecule has 1 aromatic heterocycles. The van der Waals surface area contributed by atoms with E-state index in [0.717, 1.165) is 66.8 Å². The lowest BCUT2D eigenvalue weighted by atomic mass is 9.86. The second kappa shape index (κ2) is 11.3. The van der Waals surface area contributed by atoms with E-state index in [-0.39, 0.29) is 11.3 Å². The summed E-state index contributed by atoms with van der Waals surface area (Å²) in [5.74, 6) is -0.199. The van der Waals surface area contributed by atoms with Crippen LogP contribution < -0.4 is 5.43 Å². The number of fused-ring (bicyclic) bond motifs is 1. The lowest BCUT2D eigenvalue weighted by Gasteiger charge is -2.27. The molecule has 0 spiro atoms. The molecule has 0 atom stereocenters. The molecule has 2 heterocycles. The zero-order valence-corrected chi connectivity index (χ0v) is 22.6. The van der Waals surface area contributed by atoms with Gasteiger partial charge in [-0.3, -0.25) is 4.79 Å². The van der Waals surface area contributed by atoms with Crippen LogP contribution in [0.25, 0.3) is 22.2 Å². The Kier molecular flexibility index (Phi) is 7.66. The summed E-state index contributed by atoms with van der Waals surface area (Å²) in [6.07, 6.45) is 2.80. The summed E-state index contributed by atoms with van der Waals surface area (Å²) in [7, 11) is 0. The van der Waals surface area contributed by atoms with Crippen molar-refractivity contribution < 1.29 is 4.79 Å². The van der Waals surface area contributed by atoms with Gasteiger partial charge in [-0.25, -0.2) is 10.4 Å². The molecule has 0 bridgehead atoms. The van der Waals surface area contributed by atoms with Crippen molar-refractivity contribution >= 4 is 22.5 Å². The van der Waals surface area contributed by atoms with Crippen LogP contribution in [0, 0.1) is 0 Å². The van der Waals surface area contributed by atoms with Gasteiger partial charge >= 0.3 is 0 Å². The van der Waals surface area contributed by atoms with Crippen molar-refractivity contribution in [3.05, 3.63) is 102 Å². The minimum atomic E-state index is -0.199. The van der Waals surface area contributed by atoms with E-state index in [9.17, 15) is 4.79 Å². The number of aromatic nitrogens is 1. The van der Waals surface area contributed by atoms with Crippen LogP contribution in [-0.4, -0.2) is 41.1 Å². The molecule has 5 nitrogen and oxygen atoms in total. The summed E-state index contributed by atoms with van der Waals surface area (Å²) >= 11 is 0. The molecule has 0 unspecified atom stereocenters. The largest absolute Gasteiger partial charge is 0.302 e. The standard InChI is InChI=1S/C33H36N4O/c1-33(2,3)26-15-13-25(14-16-26)31-23-29(28-11-7-8-12-30(28)34-31)32(38)36-35-27-18-21-37(22-19-27)20-17-24-9-5-4-6-10-24/h4-16,23H,17-22H2,1-3H3,(H,36,38). The van der Waals surface area contributed by atoms with Gasteiger partial charge in [0.1, 0.15) is 0 Å². The van der Waals surface area contributed by atoms with Gasteiger partial charge in [0.25, 0.3) is 5.91 Å². The smallest absolute Gasteiger partial charge is 0.272 e. The van der Waals surface area contributed by atoms with Gasteiger partial charge in [0.15, 0.2) is 0 Å². The molecule has 1 aliphatic heterocycles. The fourth-order valence-electron chi connectivity index (χ4n) is 4.92. The molecule has 4 aromatic rings. The molecule has 0 saturated carbocycles. The second-order valence-electron chi connectivity index (χ2n) is 11.1. The Morgan fingerprint density at radius 1 is 0.921 bits per heavy atom. The van der Waals surface area contributed by atoms with Crippen LogP contribution in [0.2, 0.25) is 0 Å². The maximum atomic E-state index is 13.3. The monoisotopic (exact) mass is 504 g/mol. The predicted octanol–water partition coefficient (Wildman–Crippen LogP) is 6.62. The molecular formula is C33H36N4O. The van der Waals surface area contributed by atoms with Crippen LogP contribution in [0.4, 0.5) is 0 Å². The fourth-order valence-corrected chi connectivity index (χ4v) is 4.92. The maximum Gasteiger partial charge on any atom is 0.272 e. The number of carbonyl (C=O) groups excluding carboxylic acids is 1. The summed E-state index contributed by atoms with van der Waals surface area (Å²) < 4.78 is 0. The van der Waals surface area contributed by atoms with E-state index in [1.54, 1.807) is 0 Å². The van der Waals surface area contributed by atoms with Gasteiger partial charge in [-0.05, 0) is 35.1 Å². The van der Waals surface area contributed by atoms with E-state index >= 15 is 0 Å². The highest BCUT2D eigenvalue weighted by Crippen LogP contribution is 2.28. The molecule has 0 radical (unpaired) electrons. The zero-order chi connectivity index (χ0) is 26.5. The van der Waals surface area contributed by atoms with Crippen LogP contribution in [0.15, 0.2) is 90.0 Å². The number of para-hydroxylation sites is 1. The second-order valence-corrected chi connectivity index (χ2v) is 11.1. The molecule has 1 saturated heterocycles. The van der Waals surface area contributed by atoms with Gasteiger partial charge in [0.05, 0.1) is 16.8 Å². The Morgan fingerprint density at radius 3 is 2.32 bits per heavy atom. The topological polar surface area (TPSA) is 57.6 Å². The Balaban J connectivity index is 1.28. The number of likely N-dealkylation sites (tertiary alicyclic amines) is 1. The summed E-state index contributed by atoms with van der Waals surface area (Å²) in [5, 5.41) is 5.36. The van der Waals surface area contributed by atoms with Crippen molar-refractivity contribution in [1.82, 2.24) is 15.3 Å². The molecule has 1 fully saturated rings. The Bertz CT molecular complexity index is 1430. The number of hydrogen-bond donors (Lipinski definition) is 1. The highest BCUT2D eigenvalue weighted by atomic mass is 16.2. The fraction of sp³-hybridized carbons (Fsp3) is 0.303. The van der Waals surface area contributed by atoms with Gasteiger partial charge in [0.2, 0.25) is 0 Å². The SMILES string of the molecule is CC(C)(C)c1ccc(-c2cc(C(=O)NN=C3CCN(CCc4ccccc4)CC3)c3ccccc3n2)cc1. The molecule has 5 rings (SSSR count). The molecule has 0 aliphatic carbocycles. The predicted molar refractivity (Wildman–Crippen MR) is 157 cm³/mol. The number of nitrogens with one attached hydrogen (secondary N) is 1. The van der Waals surface area contributed by atoms with Crippen molar-refractivity contribution in [2.24, 2.45) is 5.10 Å². The first-order valence-corrected chi connectivity index (χ1v) is 13.5. The third kappa shape index (κ3) is 6.17. The van der Waals surface area contributed by atoms with Crippen LogP contribution in [-0.2, 0) is 11.8 Å². The molecule has 38 heavy (non-hydrogen) atoms. The lowest BCUT2D eigenvalue weighted by Crippen LogP contribution is -2.36. The number of nitrogens with zero attached hydrogens (tertiary/aromatic N) is 3. The highest BCUT2D eigenvalue weighted by Gasteiger charge is 2.18. The number of pyridine rings is 1. The molecule has 1 aliphatic rings. The van der Waals surface area contributed by atoms with E-state index in [0.29, 0.717) is 5.56 Å². The Labute approximate surface area is 225 Å². The summed E-state index contributed by atoms with van der Waals surface area (Å²) in [4.78, 5) is 20.7. The highest BCUT2D eigenvalue weighted by molar-refractivity contribution is 6.07. The first kappa shape index (κ1) is 25.8. The summed E-state index contributed by atoms with van der Waals surface area (Å²) in [6, 6.07) is 28.8. The van der Waals surface area contributed by atoms with E-state index in [4.69, 9.17) is 4.98 Å². The number of benzene rings is 3. The molecule has 1 amide bonds. The Morgan fingerprint density at radius 2 is 1.61 bits per heavy atom. The van der Waals surface area contributed by atoms with Gasteiger partial charge in [-0.1, -0.05) is 93.6 Å². The third-order valence-corrected chi connectivity index (χ3v) is 7.32. The average molecular weight is 505 g/mol. The molecule has 5 heteroatoms. The number of amides is 1. The van der Waals surface area contributed by atoms with Crippen LogP contribution in [0.1, 0.15) is 55.1 Å². The van der Waals surface area contributed by atoms with Crippen LogP contribution in [0.3, 0.4) is 0 Å². The first-order chi connectivity index (χ1) is 18.4. The average Bonchev–Trinajstić information content (AvgIpc) is 2.95. The van der Waals surface area contributed by atoms with Crippen molar-refractivity contribution in [2.75, 3.05) is 19.6 Å². The van der Waals surface area contributed by atoms with Crippen LogP contribution in [0.5, 0.6) is 0 Å². The van der Waals surface area contributed by atoms with Crippen molar-refractivity contribution in [3.8, 4) is 11.3 Å². The first-order valence-electron chi connectivity index (χ1n) is 13.5. The maximum absolute atomic E-state index is 13.3. The normalized spacial score (nSPS) is 14.4. The number of piperidine rings is 1. The quantitative estimate of drug-likeness (QED) is 0.300. The van der Waals surface area contributed by atoms with Gasteiger partial charge in [0, 0.05) is 49.1 Å². The summed E-state index contributed by atoms with van der Waals surface area (Å²) in [5.41, 5.74) is 9.78. The van der Waals surface area contributed by atoms with Crippen molar-refractivity contribution in [3.63, 3.8) is 0 Å². The van der Waals surface area contributed by atoms with Gasteiger partial charge in [-0.15, -0.1) is 0 Å². The lowest BCUT2D eigenvalue weighted by molar-refractivity contribution is 0.0956. The van der Waals surface area contributed by atoms with E-state index in [1.165, 1.54) is 11.1 Å². The number of rotatable bonds is 6. The molecule has 3 aromatic carbocycles. The third-order valence-electron chi connectivity index (χ3n) is 7.32. The van der Waals surface area contributed by atoms with E-state index in [1.807, 2.05) is 30.3 Å². The van der Waals surface area contributed by atoms with Crippen molar-refractivity contribution in [2.45, 2.75) is 45.4 Å². The van der Waals surface area contributed by atoms with Gasteiger partial charge < -0.3 is 4.90 Å². The molecule has 194 valence electrons. The van der Waals surface area contributed by atoms with Crippen LogP contribution >= 0.6 is 0 Å². The van der Waals surface area contributed by atoms with Gasteiger partial charge in [-0.2, -0.15) is 5.10 Å². The zero-order valence-electron chi connectivity index (χ0n) is 22.6. The number of hydrogen-bond acceptors (Lipinski definition) is 4. The summed E-state index contributed by atoms with van der Waals surface area (Å²) in [6.45, 7) is 9.59. The molecule has 1 N–H and O–H groups in total. The number of hydrazone groups is 1. The molecular weight excluding hydrogens is 468 g/mol. The minimum Gasteiger partial charge on any atom is -0.302 e. The minimum absolute atomic E-state index is 0.0810. The van der Waals surface area contributed by atoms with E-state index in [2.05, 4.69) is 90.8 Å². The van der Waals surface area contributed by atoms with E-state index < -0.39 is 0 Å². The van der Waals surface area contributed by atoms with Crippen molar-refractivity contribution in [1.29, 1.82) is 0 Å². The number of carbonyl (C=O) groups is 1.